The number of nitrogens with zero attached hydrogens (tertiary/aromatic N) is 1. The van der Waals surface area contributed by atoms with E-state index < -0.39 is 0 Å². The molecule has 3 aromatic rings. The van der Waals surface area contributed by atoms with Crippen LogP contribution in [0, 0.1) is 5.92 Å². The molecule has 3 atom stereocenters. The Bertz CT molecular complexity index is 1150. The third-order valence-electron chi connectivity index (χ3n) is 7.22. The van der Waals surface area contributed by atoms with E-state index in [-0.39, 0.29) is 48.7 Å². The Morgan fingerprint density at radius 1 is 1.03 bits per heavy atom. The van der Waals surface area contributed by atoms with E-state index in [2.05, 4.69) is 73.6 Å². The Morgan fingerprint density at radius 3 is 2.37 bits per heavy atom. The third-order valence-corrected chi connectivity index (χ3v) is 7.22. The van der Waals surface area contributed by atoms with E-state index in [1.807, 2.05) is 12.1 Å². The van der Waals surface area contributed by atoms with Crippen LogP contribution in [-0.4, -0.2) is 38.1 Å². The van der Waals surface area contributed by atoms with Crippen LogP contribution in [0.4, 0.5) is 5.69 Å². The molecule has 3 unspecified atom stereocenters. The molecule has 3 aromatic carbocycles. The van der Waals surface area contributed by atoms with Crippen LogP contribution in [0.15, 0.2) is 54.6 Å². The van der Waals surface area contributed by atoms with Gasteiger partial charge in [0.15, 0.2) is 11.5 Å². The van der Waals surface area contributed by atoms with Crippen LogP contribution in [0.25, 0.3) is 10.8 Å². The number of hydrogen-bond acceptors (Lipinski definition) is 4. The number of hydrogen-bond donors (Lipinski definition) is 1. The van der Waals surface area contributed by atoms with Gasteiger partial charge in [-0.05, 0) is 61.2 Å². The normalized spacial score (nSPS) is 16.7. The summed E-state index contributed by atoms with van der Waals surface area (Å²) >= 11 is 0. The summed E-state index contributed by atoms with van der Waals surface area (Å²) in [5, 5.41) is 5.69. The number of methoxy groups -OCH3 is 2. The van der Waals surface area contributed by atoms with Crippen LogP contribution in [-0.2, 0) is 11.2 Å². The molecule has 190 valence electrons. The van der Waals surface area contributed by atoms with Crippen LogP contribution in [0.3, 0.4) is 0 Å². The van der Waals surface area contributed by atoms with Crippen molar-refractivity contribution in [1.82, 2.24) is 4.90 Å². The molecule has 0 fully saturated rings. The zero-order chi connectivity index (χ0) is 23.5. The zero-order valence-corrected chi connectivity index (χ0v) is 22.7. The molecule has 0 radical (unpaired) electrons. The first kappa shape index (κ1) is 28.8. The van der Waals surface area contributed by atoms with Crippen molar-refractivity contribution in [3.05, 3.63) is 65.7 Å². The fourth-order valence-electron chi connectivity index (χ4n) is 5.26. The minimum absolute atomic E-state index is 0. The highest BCUT2D eigenvalue weighted by molar-refractivity contribution is 5.95. The fourth-order valence-corrected chi connectivity index (χ4v) is 5.26. The van der Waals surface area contributed by atoms with Gasteiger partial charge in [-0.15, -0.1) is 24.8 Å². The van der Waals surface area contributed by atoms with Gasteiger partial charge in [0.2, 0.25) is 5.91 Å². The van der Waals surface area contributed by atoms with E-state index >= 15 is 0 Å². The van der Waals surface area contributed by atoms with Gasteiger partial charge in [0, 0.05) is 23.8 Å². The topological polar surface area (TPSA) is 50.8 Å². The van der Waals surface area contributed by atoms with E-state index in [0.717, 1.165) is 30.5 Å². The molecular weight excluding hydrogens is 483 g/mol. The van der Waals surface area contributed by atoms with Crippen LogP contribution in [0.1, 0.15) is 43.9 Å². The van der Waals surface area contributed by atoms with Crippen LogP contribution in [0.2, 0.25) is 0 Å². The number of carbonyl (C=O) groups is 1. The Hall–Kier alpha value is -2.47. The van der Waals surface area contributed by atoms with Crippen molar-refractivity contribution < 1.29 is 14.3 Å². The van der Waals surface area contributed by atoms with E-state index in [0.29, 0.717) is 11.5 Å². The first-order valence-corrected chi connectivity index (χ1v) is 11.7. The first-order chi connectivity index (χ1) is 16.0. The maximum absolute atomic E-state index is 13.4. The number of amides is 1. The summed E-state index contributed by atoms with van der Waals surface area (Å²) in [6.07, 6.45) is 2.50. The standard InChI is InChI=1S/C28H34N2O3.2ClH/c1-6-25(30(3)18(2)21-13-9-11-19-10-7-8-12-22(19)21)23-15-14-20-16-26(32-4)27(33-5)17-24(20)29-28(23)31;;/h7-13,16-18,23,25H,6,14-15H2,1-5H3,(H,29,31);2*1H. The van der Waals surface area contributed by atoms with Crippen molar-refractivity contribution in [2.45, 2.75) is 45.2 Å². The van der Waals surface area contributed by atoms with Crippen LogP contribution < -0.4 is 14.8 Å². The summed E-state index contributed by atoms with van der Waals surface area (Å²) in [5.41, 5.74) is 3.20. The molecule has 5 nitrogen and oxygen atoms in total. The number of ether oxygens (including phenoxy) is 2. The van der Waals surface area contributed by atoms with Crippen molar-refractivity contribution in [3.8, 4) is 11.5 Å². The Labute approximate surface area is 221 Å². The predicted octanol–water partition coefficient (Wildman–Crippen LogP) is 6.67. The number of halogens is 2. The van der Waals surface area contributed by atoms with E-state index in [1.165, 1.54) is 16.3 Å². The first-order valence-electron chi connectivity index (χ1n) is 11.7. The number of rotatable bonds is 7. The summed E-state index contributed by atoms with van der Waals surface area (Å²) in [4.78, 5) is 15.8. The van der Waals surface area contributed by atoms with Gasteiger partial charge < -0.3 is 14.8 Å². The lowest BCUT2D eigenvalue weighted by Crippen LogP contribution is -2.43. The number of nitrogens with one attached hydrogen (secondary N) is 1. The molecule has 0 saturated carbocycles. The van der Waals surface area contributed by atoms with Gasteiger partial charge >= 0.3 is 0 Å². The number of aryl methyl sites for hydroxylation is 1. The molecule has 4 rings (SSSR count). The van der Waals surface area contributed by atoms with Crippen molar-refractivity contribution in [3.63, 3.8) is 0 Å². The van der Waals surface area contributed by atoms with Crippen molar-refractivity contribution in [2.24, 2.45) is 5.92 Å². The molecule has 0 saturated heterocycles. The SMILES string of the molecule is CCC(C1CCc2cc(OC)c(OC)cc2NC1=O)N(C)C(C)c1cccc2ccccc12.Cl.Cl. The maximum atomic E-state index is 13.4. The minimum Gasteiger partial charge on any atom is -0.493 e. The Morgan fingerprint density at radius 2 is 1.69 bits per heavy atom. The van der Waals surface area contributed by atoms with Gasteiger partial charge in [-0.25, -0.2) is 0 Å². The zero-order valence-electron chi connectivity index (χ0n) is 21.0. The minimum atomic E-state index is -0.109. The van der Waals surface area contributed by atoms with Gasteiger partial charge in [-0.3, -0.25) is 9.69 Å². The highest BCUT2D eigenvalue weighted by Gasteiger charge is 2.34. The smallest absolute Gasteiger partial charge is 0.229 e. The van der Waals surface area contributed by atoms with Gasteiger partial charge in [0.1, 0.15) is 0 Å². The average Bonchev–Trinajstić information content (AvgIpc) is 3.00. The predicted molar refractivity (Wildman–Crippen MR) is 149 cm³/mol. The second-order valence-electron chi connectivity index (χ2n) is 8.88. The highest BCUT2D eigenvalue weighted by atomic mass is 35.5. The second-order valence-corrected chi connectivity index (χ2v) is 8.88. The molecule has 35 heavy (non-hydrogen) atoms. The van der Waals surface area contributed by atoms with Crippen molar-refractivity contribution in [2.75, 3.05) is 26.6 Å². The summed E-state index contributed by atoms with van der Waals surface area (Å²) < 4.78 is 10.9. The molecule has 7 heteroatoms. The van der Waals surface area contributed by atoms with E-state index in [9.17, 15) is 4.79 Å². The molecule has 0 aliphatic carbocycles. The Balaban J connectivity index is 0.00000216. The van der Waals surface area contributed by atoms with E-state index in [4.69, 9.17) is 9.47 Å². The average molecular weight is 520 g/mol. The molecule has 1 aliphatic heterocycles. The summed E-state index contributed by atoms with van der Waals surface area (Å²) in [6.45, 7) is 4.41. The molecule has 0 spiro atoms. The number of carbonyl (C=O) groups excluding carboxylic acids is 1. The molecule has 1 aliphatic rings. The van der Waals surface area contributed by atoms with Gasteiger partial charge in [-0.1, -0.05) is 49.4 Å². The maximum Gasteiger partial charge on any atom is 0.229 e. The lowest BCUT2D eigenvalue weighted by Gasteiger charge is -2.37. The highest BCUT2D eigenvalue weighted by Crippen LogP contribution is 2.38. The number of benzene rings is 3. The monoisotopic (exact) mass is 518 g/mol. The third kappa shape index (κ3) is 5.69. The summed E-state index contributed by atoms with van der Waals surface area (Å²) in [7, 11) is 5.40. The molecule has 1 heterocycles. The summed E-state index contributed by atoms with van der Waals surface area (Å²) in [6, 6.07) is 19.2. The second kappa shape index (κ2) is 12.5. The van der Waals surface area contributed by atoms with Gasteiger partial charge in [0.25, 0.3) is 0 Å². The largest absolute Gasteiger partial charge is 0.493 e. The molecule has 1 N–H and O–H groups in total. The lowest BCUT2D eigenvalue weighted by molar-refractivity contribution is -0.122. The van der Waals surface area contributed by atoms with Crippen molar-refractivity contribution >= 4 is 47.2 Å². The van der Waals surface area contributed by atoms with Gasteiger partial charge in [0.05, 0.1) is 20.1 Å². The number of fused-ring (bicyclic) bond motifs is 2. The Kier molecular flexibility index (Phi) is 10.3. The molecular formula is C28H36Cl2N2O3. The van der Waals surface area contributed by atoms with Crippen molar-refractivity contribution in [1.29, 1.82) is 0 Å². The molecule has 1 amide bonds. The van der Waals surface area contributed by atoms with Crippen LogP contribution >= 0.6 is 24.8 Å². The molecule has 0 aromatic heterocycles. The lowest BCUT2D eigenvalue weighted by atomic mass is 9.88. The fraction of sp³-hybridized carbons (Fsp3) is 0.393. The quantitative estimate of drug-likeness (QED) is 0.379. The summed E-state index contributed by atoms with van der Waals surface area (Å²) in [5.74, 6) is 1.29. The van der Waals surface area contributed by atoms with Crippen LogP contribution in [0.5, 0.6) is 11.5 Å². The van der Waals surface area contributed by atoms with E-state index in [1.54, 1.807) is 14.2 Å². The molecule has 0 bridgehead atoms. The van der Waals surface area contributed by atoms with Gasteiger partial charge in [-0.2, -0.15) is 0 Å². The number of anilines is 1.